The number of rotatable bonds is 6. The first-order valence-electron chi connectivity index (χ1n) is 6.56. The molecule has 1 amide bonds. The molecule has 0 aromatic carbocycles. The number of anilines is 1. The molecule has 2 N–H and O–H groups in total. The number of hydrogen-bond donors (Lipinski definition) is 2. The summed E-state index contributed by atoms with van der Waals surface area (Å²) < 4.78 is 40.2. The molecule has 9 heteroatoms. The summed E-state index contributed by atoms with van der Waals surface area (Å²) in [6, 6.07) is 3.48. The molecular weight excluding hydrogens is 303 g/mol. The molecule has 0 atom stereocenters. The highest BCUT2D eigenvalue weighted by Gasteiger charge is 2.27. The minimum absolute atomic E-state index is 0.116. The molecule has 0 aliphatic heterocycles. The van der Waals surface area contributed by atoms with Crippen LogP contribution in [-0.2, 0) is 9.53 Å². The van der Waals surface area contributed by atoms with E-state index in [1.807, 2.05) is 0 Å². The van der Waals surface area contributed by atoms with Crippen molar-refractivity contribution in [3.05, 3.63) is 23.9 Å². The van der Waals surface area contributed by atoms with Crippen LogP contribution in [0.2, 0.25) is 0 Å². The lowest BCUT2D eigenvalue weighted by Gasteiger charge is -2.09. The van der Waals surface area contributed by atoms with Crippen molar-refractivity contribution in [3.63, 3.8) is 0 Å². The average molecular weight is 317 g/mol. The fourth-order valence-electron chi connectivity index (χ4n) is 1.50. The van der Waals surface area contributed by atoms with Crippen molar-refractivity contribution in [2.45, 2.75) is 25.1 Å². The van der Waals surface area contributed by atoms with Crippen LogP contribution in [0.1, 0.15) is 23.2 Å². The number of halogens is 3. The molecule has 1 saturated carbocycles. The minimum Gasteiger partial charge on any atom is -0.452 e. The second-order valence-electron chi connectivity index (χ2n) is 4.82. The maximum Gasteiger partial charge on any atom is 0.405 e. The maximum atomic E-state index is 11.9. The average Bonchev–Trinajstić information content (AvgIpc) is 3.26. The van der Waals surface area contributed by atoms with Crippen LogP contribution in [0.5, 0.6) is 0 Å². The third-order valence-corrected chi connectivity index (χ3v) is 2.75. The fraction of sp³-hybridized carbons (Fsp3) is 0.462. The summed E-state index contributed by atoms with van der Waals surface area (Å²) in [6.07, 6.45) is -1.06. The molecule has 1 aromatic rings. The van der Waals surface area contributed by atoms with Crippen LogP contribution in [0.15, 0.2) is 18.3 Å². The number of pyridine rings is 1. The van der Waals surface area contributed by atoms with Gasteiger partial charge in [-0.3, -0.25) is 4.79 Å². The second kappa shape index (κ2) is 6.63. The van der Waals surface area contributed by atoms with Gasteiger partial charge in [0.25, 0.3) is 5.91 Å². The fourth-order valence-corrected chi connectivity index (χ4v) is 1.50. The third kappa shape index (κ3) is 5.58. The summed E-state index contributed by atoms with van der Waals surface area (Å²) in [4.78, 5) is 26.7. The van der Waals surface area contributed by atoms with Gasteiger partial charge in [-0.1, -0.05) is 0 Å². The number of amides is 1. The quantitative estimate of drug-likeness (QED) is 0.777. The standard InChI is InChI=1S/C13H14F3N3O3/c14-13(15,16)7-18-11(20)6-22-12(21)8-1-4-10(17-5-8)19-9-2-3-9/h1,4-5,9H,2-3,6-7H2,(H,17,19)(H,18,20). The van der Waals surface area contributed by atoms with Crippen molar-refractivity contribution in [2.24, 2.45) is 0 Å². The van der Waals surface area contributed by atoms with Crippen LogP contribution in [0.3, 0.4) is 0 Å². The topological polar surface area (TPSA) is 80.3 Å². The van der Waals surface area contributed by atoms with Gasteiger partial charge in [0.05, 0.1) is 5.56 Å². The summed E-state index contributed by atoms with van der Waals surface area (Å²) in [5.74, 6) is -1.22. The SMILES string of the molecule is O=C(COC(=O)c1ccc(NC2CC2)nc1)NCC(F)(F)F. The largest absolute Gasteiger partial charge is 0.452 e. The van der Waals surface area contributed by atoms with Gasteiger partial charge in [0.1, 0.15) is 12.4 Å². The van der Waals surface area contributed by atoms with Gasteiger partial charge in [-0.15, -0.1) is 0 Å². The first kappa shape index (κ1) is 16.1. The Bertz CT molecular complexity index is 542. The number of aromatic nitrogens is 1. The van der Waals surface area contributed by atoms with E-state index in [0.29, 0.717) is 11.9 Å². The Morgan fingerprint density at radius 1 is 1.32 bits per heavy atom. The summed E-state index contributed by atoms with van der Waals surface area (Å²) in [6.45, 7) is -2.25. The number of alkyl halides is 3. The maximum absolute atomic E-state index is 11.9. The van der Waals surface area contributed by atoms with Gasteiger partial charge in [0.15, 0.2) is 6.61 Å². The Morgan fingerprint density at radius 2 is 2.05 bits per heavy atom. The van der Waals surface area contributed by atoms with Crippen LogP contribution in [0.4, 0.5) is 19.0 Å². The normalized spacial score (nSPS) is 14.3. The van der Waals surface area contributed by atoms with Crippen LogP contribution >= 0.6 is 0 Å². The van der Waals surface area contributed by atoms with Gasteiger partial charge in [-0.05, 0) is 25.0 Å². The van der Waals surface area contributed by atoms with Crippen molar-refractivity contribution in [2.75, 3.05) is 18.5 Å². The molecule has 0 saturated heterocycles. The predicted octanol–water partition coefficient (Wildman–Crippen LogP) is 1.49. The van der Waals surface area contributed by atoms with E-state index in [9.17, 15) is 22.8 Å². The smallest absolute Gasteiger partial charge is 0.405 e. The highest BCUT2D eigenvalue weighted by molar-refractivity contribution is 5.91. The third-order valence-electron chi connectivity index (χ3n) is 2.75. The zero-order valence-electron chi connectivity index (χ0n) is 11.4. The molecule has 120 valence electrons. The predicted molar refractivity (Wildman–Crippen MR) is 70.2 cm³/mol. The lowest BCUT2D eigenvalue weighted by Crippen LogP contribution is -2.36. The van der Waals surface area contributed by atoms with Gasteiger partial charge in [-0.2, -0.15) is 13.2 Å². The monoisotopic (exact) mass is 317 g/mol. The zero-order chi connectivity index (χ0) is 16.2. The van der Waals surface area contributed by atoms with E-state index in [4.69, 9.17) is 0 Å². The van der Waals surface area contributed by atoms with Crippen molar-refractivity contribution >= 4 is 17.7 Å². The van der Waals surface area contributed by atoms with E-state index in [1.165, 1.54) is 12.3 Å². The van der Waals surface area contributed by atoms with Crippen molar-refractivity contribution < 1.29 is 27.5 Å². The highest BCUT2D eigenvalue weighted by atomic mass is 19.4. The van der Waals surface area contributed by atoms with Crippen molar-refractivity contribution in [1.29, 1.82) is 0 Å². The molecule has 1 fully saturated rings. The summed E-state index contributed by atoms with van der Waals surface area (Å²) in [7, 11) is 0. The molecule has 0 radical (unpaired) electrons. The van der Waals surface area contributed by atoms with E-state index in [1.54, 1.807) is 11.4 Å². The Hall–Kier alpha value is -2.32. The minimum atomic E-state index is -4.51. The molecule has 0 unspecified atom stereocenters. The molecule has 1 aliphatic carbocycles. The number of nitrogens with one attached hydrogen (secondary N) is 2. The number of carbonyl (C=O) groups is 2. The van der Waals surface area contributed by atoms with Gasteiger partial charge in [-0.25, -0.2) is 9.78 Å². The first-order chi connectivity index (χ1) is 10.3. The van der Waals surface area contributed by atoms with Crippen molar-refractivity contribution in [3.8, 4) is 0 Å². The molecule has 1 heterocycles. The number of hydrogen-bond acceptors (Lipinski definition) is 5. The molecule has 1 aromatic heterocycles. The van der Waals surface area contributed by atoms with Gasteiger partial charge >= 0.3 is 12.1 Å². The Morgan fingerprint density at radius 3 is 2.59 bits per heavy atom. The summed E-state index contributed by atoms with van der Waals surface area (Å²) >= 11 is 0. The second-order valence-corrected chi connectivity index (χ2v) is 4.82. The number of ether oxygens (including phenoxy) is 1. The number of nitrogens with zero attached hydrogens (tertiary/aromatic N) is 1. The molecule has 2 rings (SSSR count). The van der Waals surface area contributed by atoms with E-state index in [-0.39, 0.29) is 5.56 Å². The Labute approximate surface area is 124 Å². The van der Waals surface area contributed by atoms with Crippen LogP contribution in [0, 0.1) is 0 Å². The number of esters is 1. The van der Waals surface area contributed by atoms with Crippen LogP contribution in [0.25, 0.3) is 0 Å². The van der Waals surface area contributed by atoms with Crippen LogP contribution < -0.4 is 10.6 Å². The lowest BCUT2D eigenvalue weighted by molar-refractivity contribution is -0.140. The number of carbonyl (C=O) groups excluding carboxylic acids is 2. The van der Waals surface area contributed by atoms with E-state index >= 15 is 0 Å². The first-order valence-corrected chi connectivity index (χ1v) is 6.56. The zero-order valence-corrected chi connectivity index (χ0v) is 11.4. The van der Waals surface area contributed by atoms with Gasteiger partial charge in [0.2, 0.25) is 0 Å². The Kier molecular flexibility index (Phi) is 4.84. The molecule has 1 aliphatic rings. The van der Waals surface area contributed by atoms with Crippen molar-refractivity contribution in [1.82, 2.24) is 10.3 Å². The van der Waals surface area contributed by atoms with E-state index in [2.05, 4.69) is 15.0 Å². The summed E-state index contributed by atoms with van der Waals surface area (Å²) in [5.41, 5.74) is 0.116. The van der Waals surface area contributed by atoms with Crippen LogP contribution in [-0.4, -0.2) is 42.2 Å². The molecule has 22 heavy (non-hydrogen) atoms. The van der Waals surface area contributed by atoms with Gasteiger partial charge in [0, 0.05) is 12.2 Å². The Balaban J connectivity index is 1.75. The van der Waals surface area contributed by atoms with E-state index in [0.717, 1.165) is 12.8 Å². The lowest BCUT2D eigenvalue weighted by atomic mass is 10.3. The van der Waals surface area contributed by atoms with E-state index < -0.39 is 31.2 Å². The molecule has 0 spiro atoms. The molecule has 6 nitrogen and oxygen atoms in total. The van der Waals surface area contributed by atoms with Gasteiger partial charge < -0.3 is 15.4 Å². The molecule has 0 bridgehead atoms. The highest BCUT2D eigenvalue weighted by Crippen LogP contribution is 2.23. The molecular formula is C13H14F3N3O3. The summed E-state index contributed by atoms with van der Waals surface area (Å²) in [5, 5.41) is 4.73.